The lowest BCUT2D eigenvalue weighted by atomic mass is 10.2. The van der Waals surface area contributed by atoms with E-state index >= 15 is 0 Å². The first kappa shape index (κ1) is 22.6. The van der Waals surface area contributed by atoms with Crippen molar-refractivity contribution < 1.29 is 9.59 Å². The topological polar surface area (TPSA) is 80.4 Å². The third-order valence-corrected chi connectivity index (χ3v) is 8.38. The van der Waals surface area contributed by atoms with Crippen LogP contribution in [0, 0.1) is 0 Å². The minimum Gasteiger partial charge on any atom is -0.397 e. The maximum absolute atomic E-state index is 12.8. The molecular weight excluding hydrogens is 436 g/mol. The second-order valence-electron chi connectivity index (χ2n) is 7.66. The van der Waals surface area contributed by atoms with Crippen molar-refractivity contribution in [3.8, 4) is 0 Å². The summed E-state index contributed by atoms with van der Waals surface area (Å²) in [5, 5.41) is 3.97. The van der Waals surface area contributed by atoms with Crippen LogP contribution in [0.25, 0.3) is 10.1 Å². The molecular formula is C21H26N4O2S3. The molecule has 2 heterocycles. The summed E-state index contributed by atoms with van der Waals surface area (Å²) < 4.78 is 2.68. The number of nitrogens with two attached hydrogens (primary N) is 1. The molecule has 0 aliphatic rings. The largest absolute Gasteiger partial charge is 0.397 e. The van der Waals surface area contributed by atoms with Crippen molar-refractivity contribution >= 4 is 66.2 Å². The normalized spacial score (nSPS) is 11.6. The standard InChI is InChI=1S/C21H26N4O2S3/c1-21(2,30-28-5)12-23-19(26)18-9-13-8-15(6-7-17(13)29-18)25(4)20(27)16-10-14(22)11-24(16)3/h6-11H,12,22H2,1-5H3,(H,23,26). The van der Waals surface area contributed by atoms with Crippen molar-refractivity contribution in [3.05, 3.63) is 47.1 Å². The number of thiophene rings is 1. The minimum absolute atomic E-state index is 0.0393. The summed E-state index contributed by atoms with van der Waals surface area (Å²) in [7, 11) is 6.97. The van der Waals surface area contributed by atoms with Crippen molar-refractivity contribution in [3.63, 3.8) is 0 Å². The Balaban J connectivity index is 1.78. The molecule has 0 fully saturated rings. The van der Waals surface area contributed by atoms with E-state index in [1.54, 1.807) is 57.4 Å². The number of nitrogens with zero attached hydrogens (tertiary/aromatic N) is 2. The Bertz CT molecular complexity index is 1090. The van der Waals surface area contributed by atoms with Gasteiger partial charge < -0.3 is 20.5 Å². The van der Waals surface area contributed by atoms with Gasteiger partial charge in [-0.25, -0.2) is 0 Å². The van der Waals surface area contributed by atoms with E-state index in [0.29, 0.717) is 22.8 Å². The Hall–Kier alpha value is -2.10. The first-order valence-electron chi connectivity index (χ1n) is 9.35. The molecule has 3 N–H and O–H groups in total. The number of fused-ring (bicyclic) bond motifs is 1. The minimum atomic E-state index is -0.143. The number of aromatic nitrogens is 1. The van der Waals surface area contributed by atoms with E-state index in [2.05, 4.69) is 19.2 Å². The number of carbonyl (C=O) groups is 2. The van der Waals surface area contributed by atoms with Gasteiger partial charge in [0.1, 0.15) is 5.69 Å². The lowest BCUT2D eigenvalue weighted by Crippen LogP contribution is -2.35. The van der Waals surface area contributed by atoms with Gasteiger partial charge in [-0.2, -0.15) is 0 Å². The fourth-order valence-corrected chi connectivity index (χ4v) is 6.15. The van der Waals surface area contributed by atoms with Crippen molar-refractivity contribution in [2.75, 3.05) is 30.5 Å². The smallest absolute Gasteiger partial charge is 0.274 e. The number of nitrogens with one attached hydrogen (secondary N) is 1. The molecule has 0 aliphatic heterocycles. The zero-order valence-corrected chi connectivity index (χ0v) is 20.1. The van der Waals surface area contributed by atoms with Gasteiger partial charge in [0.2, 0.25) is 0 Å². The van der Waals surface area contributed by atoms with E-state index in [4.69, 9.17) is 5.73 Å². The average molecular weight is 463 g/mol. The third-order valence-electron chi connectivity index (χ3n) is 4.64. The Morgan fingerprint density at radius 1 is 1.27 bits per heavy atom. The Morgan fingerprint density at radius 3 is 2.63 bits per heavy atom. The maximum Gasteiger partial charge on any atom is 0.274 e. The fraction of sp³-hybridized carbons (Fsp3) is 0.333. The lowest BCUT2D eigenvalue weighted by Gasteiger charge is -2.22. The number of anilines is 2. The SMILES string of the molecule is CSSC(C)(C)CNC(=O)c1cc2cc(N(C)C(=O)c3cc(N)cn3C)ccc2s1. The van der Waals surface area contributed by atoms with Crippen LogP contribution in [0.1, 0.15) is 34.0 Å². The second kappa shape index (κ2) is 8.95. The molecule has 0 spiro atoms. The van der Waals surface area contributed by atoms with Crippen LogP contribution >= 0.6 is 32.9 Å². The van der Waals surface area contributed by atoms with Crippen molar-refractivity contribution in [2.24, 2.45) is 7.05 Å². The van der Waals surface area contributed by atoms with E-state index in [9.17, 15) is 9.59 Å². The number of hydrogen-bond acceptors (Lipinski definition) is 6. The van der Waals surface area contributed by atoms with E-state index in [0.717, 1.165) is 15.8 Å². The van der Waals surface area contributed by atoms with Gasteiger partial charge in [0.25, 0.3) is 11.8 Å². The van der Waals surface area contributed by atoms with Gasteiger partial charge >= 0.3 is 0 Å². The average Bonchev–Trinajstić information content (AvgIpc) is 3.26. The molecule has 0 saturated carbocycles. The Labute approximate surface area is 188 Å². The summed E-state index contributed by atoms with van der Waals surface area (Å²) in [6.45, 7) is 4.81. The summed E-state index contributed by atoms with van der Waals surface area (Å²) in [4.78, 5) is 27.7. The van der Waals surface area contributed by atoms with Crippen molar-refractivity contribution in [2.45, 2.75) is 18.6 Å². The number of rotatable bonds is 7. The van der Waals surface area contributed by atoms with Crippen molar-refractivity contribution in [1.29, 1.82) is 0 Å². The zero-order valence-electron chi connectivity index (χ0n) is 17.7. The highest BCUT2D eigenvalue weighted by atomic mass is 33.1. The molecule has 0 radical (unpaired) electrons. The summed E-state index contributed by atoms with van der Waals surface area (Å²) >= 11 is 1.45. The van der Waals surface area contributed by atoms with E-state index < -0.39 is 0 Å². The molecule has 1 aromatic carbocycles. The van der Waals surface area contributed by atoms with Crippen molar-refractivity contribution in [1.82, 2.24) is 9.88 Å². The molecule has 0 aliphatic carbocycles. The van der Waals surface area contributed by atoms with E-state index in [1.165, 1.54) is 11.3 Å². The van der Waals surface area contributed by atoms with Gasteiger partial charge in [-0.1, -0.05) is 21.6 Å². The highest BCUT2D eigenvalue weighted by Gasteiger charge is 2.21. The van der Waals surface area contributed by atoms with Crippen LogP contribution < -0.4 is 16.0 Å². The second-order valence-corrected chi connectivity index (χ2v) is 11.8. The summed E-state index contributed by atoms with van der Waals surface area (Å²) in [6, 6.07) is 9.32. The van der Waals surface area contributed by atoms with Gasteiger partial charge in [0.05, 0.1) is 10.6 Å². The third kappa shape index (κ3) is 4.96. The molecule has 3 rings (SSSR count). The van der Waals surface area contributed by atoms with E-state index in [1.807, 2.05) is 30.5 Å². The van der Waals surface area contributed by atoms with Crippen LogP contribution in [0.2, 0.25) is 0 Å². The molecule has 0 bridgehead atoms. The fourth-order valence-electron chi connectivity index (χ4n) is 3.08. The quantitative estimate of drug-likeness (QED) is 0.501. The number of nitrogen functional groups attached to an aromatic ring is 1. The number of carbonyl (C=O) groups excluding carboxylic acids is 2. The number of amides is 2. The molecule has 0 saturated heterocycles. The van der Waals surface area contributed by atoms with E-state index in [-0.39, 0.29) is 16.6 Å². The monoisotopic (exact) mass is 462 g/mol. The molecule has 0 unspecified atom stereocenters. The van der Waals surface area contributed by atoms with Crippen LogP contribution in [0.15, 0.2) is 36.5 Å². The van der Waals surface area contributed by atoms with Gasteiger partial charge in [-0.3, -0.25) is 9.59 Å². The van der Waals surface area contributed by atoms with Crippen LogP contribution in [0.4, 0.5) is 11.4 Å². The van der Waals surface area contributed by atoms with Crippen LogP contribution in [0.5, 0.6) is 0 Å². The van der Waals surface area contributed by atoms with Crippen LogP contribution in [-0.2, 0) is 7.05 Å². The van der Waals surface area contributed by atoms with Gasteiger partial charge in [-0.15, -0.1) is 11.3 Å². The summed E-state index contributed by atoms with van der Waals surface area (Å²) in [6.07, 6.45) is 3.75. The summed E-state index contributed by atoms with van der Waals surface area (Å²) in [5.41, 5.74) is 7.63. The Kier molecular flexibility index (Phi) is 6.74. The number of benzene rings is 1. The highest BCUT2D eigenvalue weighted by Crippen LogP contribution is 2.33. The molecule has 2 aromatic heterocycles. The first-order valence-corrected chi connectivity index (χ1v) is 12.7. The molecule has 3 aromatic rings. The lowest BCUT2D eigenvalue weighted by molar-refractivity contribution is 0.0953. The van der Waals surface area contributed by atoms with Crippen LogP contribution in [0.3, 0.4) is 0 Å². The highest BCUT2D eigenvalue weighted by molar-refractivity contribution is 8.76. The van der Waals surface area contributed by atoms with Gasteiger partial charge in [-0.05, 0) is 55.8 Å². The maximum atomic E-state index is 12.8. The molecule has 6 nitrogen and oxygen atoms in total. The zero-order chi connectivity index (χ0) is 22.1. The molecule has 160 valence electrons. The predicted molar refractivity (Wildman–Crippen MR) is 132 cm³/mol. The first-order chi connectivity index (χ1) is 14.1. The molecule has 9 heteroatoms. The van der Waals surface area contributed by atoms with Gasteiger partial charge in [0, 0.05) is 42.0 Å². The van der Waals surface area contributed by atoms with Gasteiger partial charge in [0.15, 0.2) is 0 Å². The molecule has 2 amide bonds. The molecule has 0 atom stereocenters. The number of aryl methyl sites for hydroxylation is 1. The van der Waals surface area contributed by atoms with Crippen LogP contribution in [-0.4, -0.2) is 41.0 Å². The number of hydrogen-bond donors (Lipinski definition) is 2. The Morgan fingerprint density at radius 2 is 2.00 bits per heavy atom. The predicted octanol–water partition coefficient (Wildman–Crippen LogP) is 4.62. The molecule has 30 heavy (non-hydrogen) atoms. The summed E-state index contributed by atoms with van der Waals surface area (Å²) in [5.74, 6) is -0.216.